The molecule has 2 aromatic rings. The molecule has 0 amide bonds. The zero-order valence-corrected chi connectivity index (χ0v) is 19.8. The van der Waals surface area contributed by atoms with Crippen LogP contribution in [-0.2, 0) is 11.2 Å². The topological polar surface area (TPSA) is 40.5 Å². The van der Waals surface area contributed by atoms with E-state index in [0.717, 1.165) is 51.5 Å². The second-order valence-electron chi connectivity index (χ2n) is 8.87. The fraction of sp³-hybridized carbons (Fsp3) is 0.367. The van der Waals surface area contributed by atoms with Gasteiger partial charge >= 0.3 is 0 Å². The van der Waals surface area contributed by atoms with Crippen molar-refractivity contribution in [2.45, 2.75) is 51.9 Å². The highest BCUT2D eigenvalue weighted by atomic mass is 16.3. The van der Waals surface area contributed by atoms with Gasteiger partial charge in [0.05, 0.1) is 0 Å². The first-order valence-corrected chi connectivity index (χ1v) is 12.4. The third-order valence-electron chi connectivity index (χ3n) is 6.94. The van der Waals surface area contributed by atoms with E-state index in [-0.39, 0.29) is 11.8 Å². The number of hydrogen-bond acceptors (Lipinski definition) is 3. The van der Waals surface area contributed by atoms with E-state index in [1.165, 1.54) is 33.5 Å². The summed E-state index contributed by atoms with van der Waals surface area (Å²) in [6.07, 6.45) is 15.3. The molecule has 3 heteroatoms. The SMILES string of the molecule is CC.O=CC1CCN(c2ccc(C3C(C4=CCCC=C4)=CCc4cc(O)ccc43)cc2)CC1. The van der Waals surface area contributed by atoms with Gasteiger partial charge in [-0.3, -0.25) is 0 Å². The van der Waals surface area contributed by atoms with Crippen molar-refractivity contribution in [2.24, 2.45) is 5.92 Å². The quantitative estimate of drug-likeness (QED) is 0.535. The molecule has 5 rings (SSSR count). The summed E-state index contributed by atoms with van der Waals surface area (Å²) >= 11 is 0. The van der Waals surface area contributed by atoms with Gasteiger partial charge < -0.3 is 14.8 Å². The molecule has 2 aliphatic carbocycles. The van der Waals surface area contributed by atoms with E-state index >= 15 is 0 Å². The summed E-state index contributed by atoms with van der Waals surface area (Å²) in [7, 11) is 0. The summed E-state index contributed by atoms with van der Waals surface area (Å²) in [5.41, 5.74) is 7.70. The number of aldehydes is 1. The van der Waals surface area contributed by atoms with E-state index in [4.69, 9.17) is 0 Å². The van der Waals surface area contributed by atoms with Crippen molar-refractivity contribution in [3.05, 3.63) is 94.6 Å². The maximum atomic E-state index is 11.1. The van der Waals surface area contributed by atoms with Gasteiger partial charge in [-0.1, -0.05) is 56.4 Å². The normalized spacial score (nSPS) is 20.2. The molecule has 1 fully saturated rings. The third kappa shape index (κ3) is 4.98. The Kier molecular flexibility index (Phi) is 7.49. The Morgan fingerprint density at radius 3 is 2.39 bits per heavy atom. The van der Waals surface area contributed by atoms with E-state index in [9.17, 15) is 9.90 Å². The monoisotopic (exact) mass is 441 g/mol. The van der Waals surface area contributed by atoms with Gasteiger partial charge in [0, 0.05) is 30.6 Å². The lowest BCUT2D eigenvalue weighted by atomic mass is 9.74. The first-order valence-electron chi connectivity index (χ1n) is 12.4. The highest BCUT2D eigenvalue weighted by molar-refractivity contribution is 5.60. The summed E-state index contributed by atoms with van der Waals surface area (Å²) in [6, 6.07) is 14.8. The average Bonchev–Trinajstić information content (AvgIpc) is 2.90. The average molecular weight is 442 g/mol. The van der Waals surface area contributed by atoms with Gasteiger partial charge in [-0.05, 0) is 84.2 Å². The number of nitrogens with zero attached hydrogens (tertiary/aromatic N) is 1. The Bertz CT molecular complexity index is 1050. The molecule has 2 aromatic carbocycles. The molecular weight excluding hydrogens is 406 g/mol. The van der Waals surface area contributed by atoms with Crippen LogP contribution in [0.5, 0.6) is 5.75 Å². The van der Waals surface area contributed by atoms with Gasteiger partial charge in [-0.2, -0.15) is 0 Å². The largest absolute Gasteiger partial charge is 0.508 e. The van der Waals surface area contributed by atoms with Gasteiger partial charge in [0.1, 0.15) is 12.0 Å². The van der Waals surface area contributed by atoms with Crippen molar-refractivity contribution in [3.63, 3.8) is 0 Å². The van der Waals surface area contributed by atoms with Crippen LogP contribution < -0.4 is 4.90 Å². The molecule has 0 aromatic heterocycles. The van der Waals surface area contributed by atoms with E-state index < -0.39 is 0 Å². The number of benzene rings is 2. The molecule has 1 aliphatic heterocycles. The predicted molar refractivity (Wildman–Crippen MR) is 137 cm³/mol. The van der Waals surface area contributed by atoms with Crippen LogP contribution >= 0.6 is 0 Å². The first-order chi connectivity index (χ1) is 16.2. The van der Waals surface area contributed by atoms with Crippen molar-refractivity contribution in [1.29, 1.82) is 0 Å². The highest BCUT2D eigenvalue weighted by Crippen LogP contribution is 2.43. The zero-order valence-electron chi connectivity index (χ0n) is 19.8. The van der Waals surface area contributed by atoms with Crippen LogP contribution in [0.15, 0.2) is 77.9 Å². The third-order valence-corrected chi connectivity index (χ3v) is 6.94. The van der Waals surface area contributed by atoms with Crippen LogP contribution in [-0.4, -0.2) is 24.5 Å². The number of aromatic hydroxyl groups is 1. The second-order valence-corrected chi connectivity index (χ2v) is 8.87. The Balaban J connectivity index is 0.00000126. The summed E-state index contributed by atoms with van der Waals surface area (Å²) in [5, 5.41) is 10.0. The number of hydrogen-bond donors (Lipinski definition) is 1. The smallest absolute Gasteiger partial charge is 0.123 e. The minimum absolute atomic E-state index is 0.174. The standard InChI is InChI=1S/C28H29NO2.C2H6/c30-19-20-14-16-29(17-15-20)24-9-6-22(7-10-24)28-26(21-4-2-1-3-5-21)12-8-23-18-25(31)11-13-27(23)28;1-2/h2,4-7,9-13,18-20,28,31H,1,3,8,14-17H2;1-2H3. The lowest BCUT2D eigenvalue weighted by molar-refractivity contribution is -0.111. The van der Waals surface area contributed by atoms with Crippen LogP contribution in [0.4, 0.5) is 5.69 Å². The molecule has 33 heavy (non-hydrogen) atoms. The van der Waals surface area contributed by atoms with Crippen LogP contribution in [0.1, 0.15) is 62.1 Å². The maximum absolute atomic E-state index is 11.1. The minimum Gasteiger partial charge on any atom is -0.508 e. The van der Waals surface area contributed by atoms with E-state index in [1.54, 1.807) is 0 Å². The first kappa shape index (κ1) is 23.1. The molecule has 1 saturated heterocycles. The van der Waals surface area contributed by atoms with E-state index in [2.05, 4.69) is 59.5 Å². The number of fused-ring (bicyclic) bond motifs is 1. The van der Waals surface area contributed by atoms with E-state index in [1.807, 2.05) is 26.0 Å². The van der Waals surface area contributed by atoms with Crippen molar-refractivity contribution >= 4 is 12.0 Å². The molecule has 1 unspecified atom stereocenters. The van der Waals surface area contributed by atoms with Crippen LogP contribution in [0, 0.1) is 5.92 Å². The number of rotatable bonds is 4. The van der Waals surface area contributed by atoms with Gasteiger partial charge in [-0.25, -0.2) is 0 Å². The van der Waals surface area contributed by atoms with Gasteiger partial charge in [0.15, 0.2) is 0 Å². The summed E-state index contributed by atoms with van der Waals surface area (Å²) in [4.78, 5) is 13.4. The van der Waals surface area contributed by atoms with Crippen LogP contribution in [0.3, 0.4) is 0 Å². The van der Waals surface area contributed by atoms with Crippen molar-refractivity contribution < 1.29 is 9.90 Å². The Labute approximate surface area is 198 Å². The number of allylic oxidation sites excluding steroid dienone is 6. The molecule has 1 N–H and O–H groups in total. The molecule has 0 bridgehead atoms. The number of carbonyl (C=O) groups is 1. The Morgan fingerprint density at radius 2 is 1.73 bits per heavy atom. The molecule has 0 saturated carbocycles. The van der Waals surface area contributed by atoms with Crippen molar-refractivity contribution in [1.82, 2.24) is 0 Å². The number of anilines is 1. The molecule has 1 heterocycles. The molecular formula is C30H35NO2. The molecule has 172 valence electrons. The van der Waals surface area contributed by atoms with Crippen molar-refractivity contribution in [2.75, 3.05) is 18.0 Å². The number of phenolic OH excluding ortho intramolecular Hbond substituents is 1. The Morgan fingerprint density at radius 1 is 0.970 bits per heavy atom. The molecule has 0 spiro atoms. The number of phenols is 1. The van der Waals surface area contributed by atoms with Crippen LogP contribution in [0.25, 0.3) is 0 Å². The minimum atomic E-state index is 0.174. The number of piperidine rings is 1. The maximum Gasteiger partial charge on any atom is 0.123 e. The summed E-state index contributed by atoms with van der Waals surface area (Å²) < 4.78 is 0. The number of carbonyl (C=O) groups excluding carboxylic acids is 1. The molecule has 0 radical (unpaired) electrons. The van der Waals surface area contributed by atoms with Gasteiger partial charge in [0.25, 0.3) is 0 Å². The lowest BCUT2D eigenvalue weighted by Crippen LogP contribution is -2.34. The molecule has 3 aliphatic rings. The van der Waals surface area contributed by atoms with Gasteiger partial charge in [-0.15, -0.1) is 0 Å². The summed E-state index contributed by atoms with van der Waals surface area (Å²) in [6.45, 7) is 5.88. The highest BCUT2D eigenvalue weighted by Gasteiger charge is 2.27. The predicted octanol–water partition coefficient (Wildman–Crippen LogP) is 6.72. The molecule has 3 nitrogen and oxygen atoms in total. The van der Waals surface area contributed by atoms with Crippen LogP contribution in [0.2, 0.25) is 0 Å². The van der Waals surface area contributed by atoms with E-state index in [0.29, 0.717) is 5.75 Å². The van der Waals surface area contributed by atoms with Gasteiger partial charge in [0.2, 0.25) is 0 Å². The zero-order chi connectivity index (χ0) is 23.2. The fourth-order valence-corrected chi connectivity index (χ4v) is 5.20. The van der Waals surface area contributed by atoms with Crippen molar-refractivity contribution in [3.8, 4) is 5.75 Å². The fourth-order valence-electron chi connectivity index (χ4n) is 5.20. The Hall–Kier alpha value is -3.07. The lowest BCUT2D eigenvalue weighted by Gasteiger charge is -2.32. The molecule has 1 atom stereocenters. The second kappa shape index (κ2) is 10.7. The summed E-state index contributed by atoms with van der Waals surface area (Å²) in [5.74, 6) is 0.726.